The van der Waals surface area contributed by atoms with Crippen LogP contribution < -0.4 is 0 Å². The Morgan fingerprint density at radius 2 is 2.09 bits per heavy atom. The molecule has 0 amide bonds. The number of Topliss-reactive ketones (excluding diaryl/α,β-unsaturated/α-hetero) is 1. The molecule has 3 heteroatoms. The van der Waals surface area contributed by atoms with Crippen molar-refractivity contribution in [3.05, 3.63) is 0 Å². The lowest BCUT2D eigenvalue weighted by molar-refractivity contribution is -0.123. The Morgan fingerprint density at radius 1 is 1.36 bits per heavy atom. The quantitative estimate of drug-likeness (QED) is 0.521. The first-order valence-electron chi connectivity index (χ1n) is 3.89. The molecule has 0 aromatic carbocycles. The fraction of sp³-hybridized carbons (Fsp3) is 0.875. The van der Waals surface area contributed by atoms with E-state index in [4.69, 9.17) is 4.74 Å². The van der Waals surface area contributed by atoms with Gasteiger partial charge in [0.15, 0.2) is 5.78 Å². The van der Waals surface area contributed by atoms with Gasteiger partial charge in [-0.25, -0.2) is 0 Å². The van der Waals surface area contributed by atoms with Gasteiger partial charge >= 0.3 is 0 Å². The van der Waals surface area contributed by atoms with E-state index < -0.39 is 0 Å². The topological polar surface area (TPSA) is 35.5 Å². The Hall–Kier alpha value is -0.410. The van der Waals surface area contributed by atoms with Crippen LogP contribution in [0.25, 0.3) is 0 Å². The molecule has 0 spiro atoms. The van der Waals surface area contributed by atoms with Crippen molar-refractivity contribution >= 4 is 5.78 Å². The van der Waals surface area contributed by atoms with Gasteiger partial charge in [-0.1, -0.05) is 6.92 Å². The fourth-order valence-electron chi connectivity index (χ4n) is 0.666. The Morgan fingerprint density at radius 3 is 2.64 bits per heavy atom. The van der Waals surface area contributed by atoms with Gasteiger partial charge in [-0.15, -0.1) is 0 Å². The molecule has 0 aromatic rings. The van der Waals surface area contributed by atoms with Crippen molar-refractivity contribution in [2.75, 3.05) is 26.9 Å². The number of rotatable bonds is 7. The molecule has 0 saturated carbocycles. The smallest absolute Gasteiger partial charge is 0.160 e. The molecule has 0 heterocycles. The van der Waals surface area contributed by atoms with Crippen LogP contribution in [0.5, 0.6) is 0 Å². The maximum absolute atomic E-state index is 10.8. The minimum absolute atomic E-state index is 0.101. The van der Waals surface area contributed by atoms with Gasteiger partial charge in [0, 0.05) is 20.1 Å². The third kappa shape index (κ3) is 7.49. The molecule has 0 aromatic heterocycles. The van der Waals surface area contributed by atoms with Crippen molar-refractivity contribution in [2.45, 2.75) is 19.8 Å². The van der Waals surface area contributed by atoms with E-state index in [1.165, 1.54) is 7.11 Å². The third-order valence-corrected chi connectivity index (χ3v) is 1.18. The Labute approximate surface area is 67.7 Å². The maximum Gasteiger partial charge on any atom is 0.160 e. The summed E-state index contributed by atoms with van der Waals surface area (Å²) in [4.78, 5) is 10.8. The molecule has 0 N–H and O–H groups in total. The monoisotopic (exact) mass is 160 g/mol. The van der Waals surface area contributed by atoms with Crippen LogP contribution in [0.15, 0.2) is 0 Å². The summed E-state index contributed by atoms with van der Waals surface area (Å²) in [5, 5.41) is 0. The summed E-state index contributed by atoms with van der Waals surface area (Å²) in [6.07, 6.45) is 1.46. The SMILES string of the molecule is CCCOCCC(=O)COC. The number of methoxy groups -OCH3 is 1. The average molecular weight is 160 g/mol. The molecular formula is C8H16O3. The maximum atomic E-state index is 10.8. The molecular weight excluding hydrogens is 144 g/mol. The summed E-state index contributed by atoms with van der Waals surface area (Å²) < 4.78 is 9.78. The first-order valence-corrected chi connectivity index (χ1v) is 3.89. The zero-order chi connectivity index (χ0) is 8.53. The van der Waals surface area contributed by atoms with E-state index in [1.54, 1.807) is 0 Å². The first-order chi connectivity index (χ1) is 5.31. The second-order valence-electron chi connectivity index (χ2n) is 2.33. The van der Waals surface area contributed by atoms with Gasteiger partial charge in [-0.05, 0) is 6.42 Å². The van der Waals surface area contributed by atoms with E-state index >= 15 is 0 Å². The Balaban J connectivity index is 3.04. The van der Waals surface area contributed by atoms with E-state index in [2.05, 4.69) is 4.74 Å². The predicted molar refractivity (Wildman–Crippen MR) is 42.6 cm³/mol. The van der Waals surface area contributed by atoms with Crippen LogP contribution in [-0.2, 0) is 14.3 Å². The largest absolute Gasteiger partial charge is 0.381 e. The average Bonchev–Trinajstić information content (AvgIpc) is 1.99. The van der Waals surface area contributed by atoms with Crippen molar-refractivity contribution in [1.29, 1.82) is 0 Å². The van der Waals surface area contributed by atoms with Crippen LogP contribution in [0.1, 0.15) is 19.8 Å². The molecule has 11 heavy (non-hydrogen) atoms. The summed E-state index contributed by atoms with van der Waals surface area (Å²) in [5.74, 6) is 0.101. The lowest BCUT2D eigenvalue weighted by atomic mass is 10.3. The van der Waals surface area contributed by atoms with Crippen molar-refractivity contribution in [2.24, 2.45) is 0 Å². The lowest BCUT2D eigenvalue weighted by Crippen LogP contribution is -2.10. The number of ether oxygens (including phenoxy) is 2. The number of hydrogen-bond donors (Lipinski definition) is 0. The van der Waals surface area contributed by atoms with E-state index in [1.807, 2.05) is 6.92 Å². The predicted octanol–water partition coefficient (Wildman–Crippen LogP) is 1.02. The van der Waals surface area contributed by atoms with Gasteiger partial charge in [0.25, 0.3) is 0 Å². The standard InChI is InChI=1S/C8H16O3/c1-3-5-11-6-4-8(9)7-10-2/h3-7H2,1-2H3. The van der Waals surface area contributed by atoms with Gasteiger partial charge < -0.3 is 9.47 Å². The van der Waals surface area contributed by atoms with Crippen LogP contribution in [-0.4, -0.2) is 32.7 Å². The highest BCUT2D eigenvalue weighted by Gasteiger charge is 1.99. The number of ketones is 1. The molecule has 0 fully saturated rings. The van der Waals surface area contributed by atoms with Crippen LogP contribution in [0, 0.1) is 0 Å². The molecule has 0 rings (SSSR count). The first kappa shape index (κ1) is 10.6. The Bertz CT molecular complexity index is 102. The summed E-state index contributed by atoms with van der Waals surface area (Å²) in [6.45, 7) is 3.50. The van der Waals surface area contributed by atoms with Crippen LogP contribution in [0.3, 0.4) is 0 Å². The fourth-order valence-corrected chi connectivity index (χ4v) is 0.666. The highest BCUT2D eigenvalue weighted by Crippen LogP contribution is 1.87. The molecule has 0 radical (unpaired) electrons. The van der Waals surface area contributed by atoms with Gasteiger partial charge in [0.05, 0.1) is 6.61 Å². The van der Waals surface area contributed by atoms with E-state index in [9.17, 15) is 4.79 Å². The van der Waals surface area contributed by atoms with Crippen LogP contribution in [0.4, 0.5) is 0 Å². The number of carbonyl (C=O) groups is 1. The molecule has 0 atom stereocenters. The van der Waals surface area contributed by atoms with Gasteiger partial charge in [0.2, 0.25) is 0 Å². The van der Waals surface area contributed by atoms with Gasteiger partial charge in [0.1, 0.15) is 6.61 Å². The number of carbonyl (C=O) groups excluding carboxylic acids is 1. The molecule has 0 bridgehead atoms. The second-order valence-corrected chi connectivity index (χ2v) is 2.33. The lowest BCUT2D eigenvalue weighted by Gasteiger charge is -2.00. The van der Waals surface area contributed by atoms with Crippen LogP contribution in [0.2, 0.25) is 0 Å². The van der Waals surface area contributed by atoms with E-state index in [0.29, 0.717) is 13.0 Å². The van der Waals surface area contributed by atoms with E-state index in [-0.39, 0.29) is 12.4 Å². The zero-order valence-electron chi connectivity index (χ0n) is 7.26. The van der Waals surface area contributed by atoms with Crippen LogP contribution >= 0.6 is 0 Å². The van der Waals surface area contributed by atoms with Crippen molar-refractivity contribution in [3.8, 4) is 0 Å². The highest BCUT2D eigenvalue weighted by atomic mass is 16.5. The van der Waals surface area contributed by atoms with E-state index in [0.717, 1.165) is 13.0 Å². The molecule has 0 unspecified atom stereocenters. The minimum Gasteiger partial charge on any atom is -0.381 e. The Kier molecular flexibility index (Phi) is 7.41. The molecule has 0 saturated heterocycles. The molecule has 0 aliphatic heterocycles. The van der Waals surface area contributed by atoms with Crippen molar-refractivity contribution in [1.82, 2.24) is 0 Å². The van der Waals surface area contributed by atoms with Crippen molar-refractivity contribution < 1.29 is 14.3 Å². The minimum atomic E-state index is 0.101. The second kappa shape index (κ2) is 7.69. The molecule has 0 aliphatic carbocycles. The molecule has 66 valence electrons. The highest BCUT2D eigenvalue weighted by molar-refractivity contribution is 5.79. The molecule has 3 nitrogen and oxygen atoms in total. The zero-order valence-corrected chi connectivity index (χ0v) is 7.26. The van der Waals surface area contributed by atoms with Gasteiger partial charge in [-0.2, -0.15) is 0 Å². The molecule has 0 aliphatic rings. The third-order valence-electron chi connectivity index (χ3n) is 1.18. The summed E-state index contributed by atoms with van der Waals surface area (Å²) in [7, 11) is 1.52. The normalized spacial score (nSPS) is 10.0. The number of hydrogen-bond acceptors (Lipinski definition) is 3. The van der Waals surface area contributed by atoms with Crippen molar-refractivity contribution in [3.63, 3.8) is 0 Å². The van der Waals surface area contributed by atoms with Gasteiger partial charge in [-0.3, -0.25) is 4.79 Å². The summed E-state index contributed by atoms with van der Waals surface area (Å²) in [5.41, 5.74) is 0. The summed E-state index contributed by atoms with van der Waals surface area (Å²) in [6, 6.07) is 0. The summed E-state index contributed by atoms with van der Waals surface area (Å²) >= 11 is 0.